The summed E-state index contributed by atoms with van der Waals surface area (Å²) in [4.78, 5) is 17.5. The summed E-state index contributed by atoms with van der Waals surface area (Å²) >= 11 is 0. The van der Waals surface area contributed by atoms with E-state index in [1.165, 1.54) is 0 Å². The first-order chi connectivity index (χ1) is 8.84. The van der Waals surface area contributed by atoms with Gasteiger partial charge < -0.3 is 0 Å². The minimum Gasteiger partial charge on any atom is -0.290 e. The van der Waals surface area contributed by atoms with E-state index in [4.69, 9.17) is 0 Å². The van der Waals surface area contributed by atoms with Gasteiger partial charge in [0.1, 0.15) is 0 Å². The van der Waals surface area contributed by atoms with Crippen LogP contribution >= 0.6 is 0 Å². The Morgan fingerprint density at radius 3 is 1.78 bits per heavy atom. The summed E-state index contributed by atoms with van der Waals surface area (Å²) in [6, 6.07) is 7.63. The van der Waals surface area contributed by atoms with Gasteiger partial charge in [-0.05, 0) is 36.4 Å². The van der Waals surface area contributed by atoms with Gasteiger partial charge in [-0.25, -0.2) is 9.97 Å². The molecule has 0 saturated carbocycles. The number of H-pyrrole nitrogens is 2. The van der Waals surface area contributed by atoms with Gasteiger partial charge in [0.05, 0.1) is 0 Å². The van der Waals surface area contributed by atoms with Crippen LogP contribution in [-0.4, -0.2) is 5.78 Å². The molecule has 3 nitrogen and oxygen atoms in total. The van der Waals surface area contributed by atoms with Crippen molar-refractivity contribution in [3.8, 4) is 0 Å². The third-order valence-electron chi connectivity index (χ3n) is 2.34. The molecule has 3 heteroatoms. The first-order valence-electron chi connectivity index (χ1n) is 5.67. The lowest BCUT2D eigenvalue weighted by Crippen LogP contribution is -1.98. The Morgan fingerprint density at radius 2 is 1.39 bits per heavy atom. The monoisotopic (exact) mass is 238 g/mol. The second kappa shape index (κ2) is 6.25. The molecular weight excluding hydrogens is 224 g/mol. The van der Waals surface area contributed by atoms with Gasteiger partial charge >= 0.3 is 0 Å². The lowest BCUT2D eigenvalue weighted by molar-refractivity contribution is -0.378. The minimum absolute atomic E-state index is 0.0392. The Labute approximate surface area is 106 Å². The normalized spacial score (nSPS) is 11.1. The van der Waals surface area contributed by atoms with Crippen LogP contribution in [-0.2, 0) is 4.79 Å². The van der Waals surface area contributed by atoms with Gasteiger partial charge in [0.15, 0.2) is 30.6 Å². The van der Waals surface area contributed by atoms with Crippen LogP contribution in [0.1, 0.15) is 11.1 Å². The molecule has 2 rings (SSSR count). The fourth-order valence-electron chi connectivity index (χ4n) is 1.43. The second-order valence-electron chi connectivity index (χ2n) is 3.74. The number of hydrogen-bond donors (Lipinski definition) is 0. The van der Waals surface area contributed by atoms with Crippen LogP contribution < -0.4 is 9.97 Å². The smallest absolute Gasteiger partial charge is 0.178 e. The zero-order chi connectivity index (χ0) is 12.6. The van der Waals surface area contributed by atoms with Crippen molar-refractivity contribution in [2.75, 3.05) is 0 Å². The number of aromatic amines is 2. The Kier molecular flexibility index (Phi) is 4.14. The number of ketones is 1. The van der Waals surface area contributed by atoms with Crippen LogP contribution in [0.15, 0.2) is 61.2 Å². The first-order valence-corrected chi connectivity index (χ1v) is 5.67. The summed E-state index contributed by atoms with van der Waals surface area (Å²) in [7, 11) is 0. The van der Waals surface area contributed by atoms with Crippen molar-refractivity contribution in [1.82, 2.24) is 0 Å². The summed E-state index contributed by atoms with van der Waals surface area (Å²) in [6.07, 6.45) is 14.0. The molecule has 0 amide bonds. The van der Waals surface area contributed by atoms with Crippen molar-refractivity contribution in [1.29, 1.82) is 0 Å². The third kappa shape index (κ3) is 3.79. The lowest BCUT2D eigenvalue weighted by atomic mass is 10.2. The van der Waals surface area contributed by atoms with E-state index < -0.39 is 0 Å². The molecule has 0 aliphatic heterocycles. The average molecular weight is 238 g/mol. The Hall–Kier alpha value is -2.55. The van der Waals surface area contributed by atoms with Crippen LogP contribution in [0.3, 0.4) is 0 Å². The van der Waals surface area contributed by atoms with Gasteiger partial charge in [0.25, 0.3) is 0 Å². The van der Waals surface area contributed by atoms with E-state index in [0.29, 0.717) is 0 Å². The van der Waals surface area contributed by atoms with Crippen molar-refractivity contribution in [2.45, 2.75) is 0 Å². The maximum absolute atomic E-state index is 11.6. The highest BCUT2D eigenvalue weighted by atomic mass is 16.1. The van der Waals surface area contributed by atoms with Gasteiger partial charge in [-0.15, -0.1) is 0 Å². The first kappa shape index (κ1) is 11.9. The minimum atomic E-state index is -0.0392. The molecule has 88 valence electrons. The maximum Gasteiger partial charge on any atom is 0.178 e. The van der Waals surface area contributed by atoms with Gasteiger partial charge in [-0.2, -0.15) is 0 Å². The molecule has 0 aliphatic rings. The number of rotatable bonds is 4. The van der Waals surface area contributed by atoms with Crippen LogP contribution in [0.4, 0.5) is 0 Å². The topological polar surface area (TPSA) is 45.4 Å². The van der Waals surface area contributed by atoms with Crippen LogP contribution in [0.2, 0.25) is 0 Å². The third-order valence-corrected chi connectivity index (χ3v) is 2.34. The van der Waals surface area contributed by atoms with Gasteiger partial charge in [-0.1, -0.05) is 0 Å². The highest BCUT2D eigenvalue weighted by Crippen LogP contribution is 1.99. The molecule has 2 aromatic rings. The van der Waals surface area contributed by atoms with Crippen molar-refractivity contribution in [3.05, 3.63) is 72.3 Å². The molecule has 0 aliphatic carbocycles. The molecule has 0 aromatic carbocycles. The summed E-state index contributed by atoms with van der Waals surface area (Å²) in [5.41, 5.74) is 1.93. The number of hydrogen-bond acceptors (Lipinski definition) is 1. The average Bonchev–Trinajstić information content (AvgIpc) is 2.45. The van der Waals surface area contributed by atoms with E-state index >= 15 is 0 Å². The molecule has 0 unspecified atom stereocenters. The molecule has 2 aromatic heterocycles. The number of aromatic nitrogens is 2. The molecular formula is C15H14N2O+2. The fourth-order valence-corrected chi connectivity index (χ4v) is 1.43. The van der Waals surface area contributed by atoms with E-state index in [9.17, 15) is 4.79 Å². The van der Waals surface area contributed by atoms with Gasteiger partial charge in [0.2, 0.25) is 0 Å². The summed E-state index contributed by atoms with van der Waals surface area (Å²) in [5, 5.41) is 0. The predicted octanol–water partition coefficient (Wildman–Crippen LogP) is 1.61. The highest BCUT2D eigenvalue weighted by Gasteiger charge is 1.93. The van der Waals surface area contributed by atoms with Crippen molar-refractivity contribution >= 4 is 17.9 Å². The largest absolute Gasteiger partial charge is 0.290 e. The molecule has 0 spiro atoms. The number of pyridine rings is 2. The van der Waals surface area contributed by atoms with Crippen molar-refractivity contribution < 1.29 is 14.8 Å². The van der Waals surface area contributed by atoms with E-state index in [0.717, 1.165) is 11.1 Å². The standard InChI is InChI=1S/C15H12N2O/c18-15(7-5-13-3-1-9-16-11-13)8-6-14-4-2-10-17-12-14/h1-12H/p+2. The molecule has 18 heavy (non-hydrogen) atoms. The molecule has 0 fully saturated rings. The number of allylic oxidation sites excluding steroid dienone is 2. The van der Waals surface area contributed by atoms with Crippen LogP contribution in [0, 0.1) is 0 Å². The van der Waals surface area contributed by atoms with Gasteiger partial charge in [0, 0.05) is 23.3 Å². The lowest BCUT2D eigenvalue weighted by Gasteiger charge is -1.87. The molecule has 0 bridgehead atoms. The van der Waals surface area contributed by atoms with E-state index in [-0.39, 0.29) is 5.78 Å². The summed E-state index contributed by atoms with van der Waals surface area (Å²) in [6.45, 7) is 0. The quantitative estimate of drug-likeness (QED) is 0.746. The number of nitrogens with one attached hydrogen (secondary N) is 2. The Balaban J connectivity index is 1.97. The molecule has 0 radical (unpaired) electrons. The second-order valence-corrected chi connectivity index (χ2v) is 3.74. The number of carbonyl (C=O) groups excluding carboxylic acids is 1. The predicted molar refractivity (Wildman–Crippen MR) is 69.1 cm³/mol. The molecule has 2 N–H and O–H groups in total. The van der Waals surface area contributed by atoms with E-state index in [1.54, 1.807) is 24.3 Å². The van der Waals surface area contributed by atoms with E-state index in [2.05, 4.69) is 9.97 Å². The van der Waals surface area contributed by atoms with Crippen molar-refractivity contribution in [3.63, 3.8) is 0 Å². The molecule has 0 atom stereocenters. The Morgan fingerprint density at radius 1 is 0.889 bits per heavy atom. The van der Waals surface area contributed by atoms with Crippen LogP contribution in [0.5, 0.6) is 0 Å². The fraction of sp³-hybridized carbons (Fsp3) is 0. The highest BCUT2D eigenvalue weighted by molar-refractivity contribution is 6.04. The molecule has 2 heterocycles. The summed E-state index contributed by atoms with van der Waals surface area (Å²) < 4.78 is 0. The van der Waals surface area contributed by atoms with Gasteiger partial charge in [-0.3, -0.25) is 4.79 Å². The van der Waals surface area contributed by atoms with E-state index in [1.807, 2.05) is 49.1 Å². The summed E-state index contributed by atoms with van der Waals surface area (Å²) in [5.74, 6) is -0.0392. The number of carbonyl (C=O) groups is 1. The Bertz CT molecular complexity index is 508. The maximum atomic E-state index is 11.6. The van der Waals surface area contributed by atoms with Crippen molar-refractivity contribution in [2.24, 2.45) is 0 Å². The zero-order valence-electron chi connectivity index (χ0n) is 9.84. The zero-order valence-corrected chi connectivity index (χ0v) is 9.84. The molecule has 0 saturated heterocycles. The SMILES string of the molecule is O=C(C=Cc1ccc[nH+]c1)C=Cc1ccc[nH+]c1. The van der Waals surface area contributed by atoms with Crippen LogP contribution in [0.25, 0.3) is 12.2 Å².